The number of fused-ring (bicyclic) bond motifs is 1. The standard InChI is InChI=1S/C20H29F2N3O4.HI/c1-3-23-19(25-12-20(5-6-20)7-8-26-4-2)24-11-14-9-16-17(28-13-27-16)10-15(14)29-18(21)22;/h9-10,18H,3-8,11-13H2,1-2H3,(H2,23,24,25);1H. The Balaban J connectivity index is 0.00000320. The number of alkyl halides is 2. The number of hydrogen-bond acceptors (Lipinski definition) is 5. The van der Waals surface area contributed by atoms with Gasteiger partial charge < -0.3 is 29.6 Å². The van der Waals surface area contributed by atoms with Crippen LogP contribution in [0.1, 0.15) is 38.7 Å². The molecule has 1 aliphatic carbocycles. The molecule has 30 heavy (non-hydrogen) atoms. The predicted molar refractivity (Wildman–Crippen MR) is 120 cm³/mol. The van der Waals surface area contributed by atoms with E-state index in [0.29, 0.717) is 29.6 Å². The molecule has 7 nitrogen and oxygen atoms in total. The quantitative estimate of drug-likeness (QED) is 0.192. The average molecular weight is 541 g/mol. The van der Waals surface area contributed by atoms with E-state index in [1.807, 2.05) is 13.8 Å². The molecule has 1 aromatic rings. The fourth-order valence-corrected chi connectivity index (χ4v) is 3.20. The number of rotatable bonds is 11. The molecule has 0 aromatic heterocycles. The van der Waals surface area contributed by atoms with Crippen molar-refractivity contribution in [3.8, 4) is 17.2 Å². The Labute approximate surface area is 192 Å². The Morgan fingerprint density at radius 1 is 1.20 bits per heavy atom. The number of halogens is 3. The summed E-state index contributed by atoms with van der Waals surface area (Å²) >= 11 is 0. The summed E-state index contributed by atoms with van der Waals surface area (Å²) in [5, 5.41) is 6.57. The summed E-state index contributed by atoms with van der Waals surface area (Å²) in [4.78, 5) is 4.55. The number of ether oxygens (including phenoxy) is 4. The molecule has 0 saturated heterocycles. The van der Waals surface area contributed by atoms with Gasteiger partial charge in [0, 0.05) is 37.9 Å². The monoisotopic (exact) mass is 541 g/mol. The first-order chi connectivity index (χ1) is 14.0. The summed E-state index contributed by atoms with van der Waals surface area (Å²) in [6.45, 7) is 4.26. The third kappa shape index (κ3) is 7.00. The molecule has 0 amide bonds. The third-order valence-corrected chi connectivity index (χ3v) is 5.09. The molecule has 3 rings (SSSR count). The van der Waals surface area contributed by atoms with Gasteiger partial charge in [-0.2, -0.15) is 8.78 Å². The van der Waals surface area contributed by atoms with Crippen molar-refractivity contribution in [1.29, 1.82) is 0 Å². The second kappa shape index (κ2) is 11.7. The van der Waals surface area contributed by atoms with Gasteiger partial charge in [0.1, 0.15) is 5.75 Å². The second-order valence-electron chi connectivity index (χ2n) is 7.19. The van der Waals surface area contributed by atoms with Gasteiger partial charge in [-0.15, -0.1) is 24.0 Å². The first-order valence-corrected chi connectivity index (χ1v) is 10.0. The van der Waals surface area contributed by atoms with Crippen LogP contribution in [0.25, 0.3) is 0 Å². The van der Waals surface area contributed by atoms with Crippen LogP contribution in [-0.4, -0.2) is 45.7 Å². The van der Waals surface area contributed by atoms with Crippen LogP contribution in [0.2, 0.25) is 0 Å². The lowest BCUT2D eigenvalue weighted by molar-refractivity contribution is -0.0505. The molecule has 0 atom stereocenters. The van der Waals surface area contributed by atoms with E-state index in [9.17, 15) is 8.78 Å². The van der Waals surface area contributed by atoms with E-state index in [4.69, 9.17) is 14.2 Å². The normalized spacial score (nSPS) is 16.2. The zero-order chi connectivity index (χ0) is 20.7. The fourth-order valence-electron chi connectivity index (χ4n) is 3.20. The molecule has 10 heteroatoms. The number of aliphatic imine (C=N–C) groups is 1. The maximum Gasteiger partial charge on any atom is 0.387 e. The summed E-state index contributed by atoms with van der Waals surface area (Å²) < 4.78 is 46.3. The summed E-state index contributed by atoms with van der Waals surface area (Å²) in [6.07, 6.45) is 3.35. The highest BCUT2D eigenvalue weighted by Gasteiger charge is 2.41. The molecule has 0 unspecified atom stereocenters. The van der Waals surface area contributed by atoms with Crippen molar-refractivity contribution in [2.75, 3.05) is 33.1 Å². The Kier molecular flexibility index (Phi) is 9.66. The third-order valence-electron chi connectivity index (χ3n) is 5.09. The molecule has 2 N–H and O–H groups in total. The van der Waals surface area contributed by atoms with Crippen LogP contribution in [0.4, 0.5) is 8.78 Å². The smallest absolute Gasteiger partial charge is 0.387 e. The summed E-state index contributed by atoms with van der Waals surface area (Å²) in [5.74, 6) is 1.57. The zero-order valence-corrected chi connectivity index (χ0v) is 19.7. The summed E-state index contributed by atoms with van der Waals surface area (Å²) in [6, 6.07) is 3.06. The van der Waals surface area contributed by atoms with Crippen LogP contribution in [-0.2, 0) is 11.3 Å². The lowest BCUT2D eigenvalue weighted by Gasteiger charge is -2.18. The van der Waals surface area contributed by atoms with E-state index in [-0.39, 0.29) is 48.5 Å². The molecule has 0 bridgehead atoms. The van der Waals surface area contributed by atoms with E-state index >= 15 is 0 Å². The van der Waals surface area contributed by atoms with Crippen molar-refractivity contribution in [1.82, 2.24) is 10.6 Å². The molecule has 0 spiro atoms. The topological polar surface area (TPSA) is 73.3 Å². The molecule has 1 heterocycles. The van der Waals surface area contributed by atoms with Crippen molar-refractivity contribution in [2.24, 2.45) is 10.4 Å². The van der Waals surface area contributed by atoms with Crippen LogP contribution in [0.5, 0.6) is 17.2 Å². The molecular formula is C20H30F2IN3O4. The minimum Gasteiger partial charge on any atom is -0.454 e. The molecule has 1 saturated carbocycles. The van der Waals surface area contributed by atoms with Crippen LogP contribution in [0.3, 0.4) is 0 Å². The molecule has 1 aromatic carbocycles. The van der Waals surface area contributed by atoms with Gasteiger partial charge in [0.05, 0.1) is 6.54 Å². The van der Waals surface area contributed by atoms with E-state index < -0.39 is 6.61 Å². The van der Waals surface area contributed by atoms with E-state index in [0.717, 1.165) is 26.2 Å². The molecule has 1 aliphatic heterocycles. The van der Waals surface area contributed by atoms with Gasteiger partial charge in [0.2, 0.25) is 6.79 Å². The van der Waals surface area contributed by atoms with Gasteiger partial charge in [-0.3, -0.25) is 0 Å². The largest absolute Gasteiger partial charge is 0.454 e. The first kappa shape index (κ1) is 24.7. The maximum absolute atomic E-state index is 12.8. The summed E-state index contributed by atoms with van der Waals surface area (Å²) in [7, 11) is 0. The van der Waals surface area contributed by atoms with E-state index in [1.165, 1.54) is 18.9 Å². The van der Waals surface area contributed by atoms with Gasteiger partial charge in [-0.1, -0.05) is 0 Å². The van der Waals surface area contributed by atoms with Gasteiger partial charge in [0.15, 0.2) is 17.5 Å². The van der Waals surface area contributed by atoms with Crippen molar-refractivity contribution < 1.29 is 27.7 Å². The number of guanidine groups is 1. The summed E-state index contributed by atoms with van der Waals surface area (Å²) in [5.41, 5.74) is 0.762. The van der Waals surface area contributed by atoms with Gasteiger partial charge in [0.25, 0.3) is 0 Å². The van der Waals surface area contributed by atoms with Gasteiger partial charge in [-0.05, 0) is 44.6 Å². The van der Waals surface area contributed by atoms with Gasteiger partial charge in [-0.25, -0.2) is 4.99 Å². The van der Waals surface area contributed by atoms with Crippen LogP contribution < -0.4 is 24.8 Å². The number of hydrogen-bond donors (Lipinski definition) is 2. The number of nitrogens with zero attached hydrogens (tertiary/aromatic N) is 1. The maximum atomic E-state index is 12.8. The fraction of sp³-hybridized carbons (Fsp3) is 0.650. The van der Waals surface area contributed by atoms with Crippen LogP contribution >= 0.6 is 24.0 Å². The average Bonchev–Trinajstić information content (AvgIpc) is 3.31. The van der Waals surface area contributed by atoms with Crippen molar-refractivity contribution in [3.05, 3.63) is 17.7 Å². The minimum absolute atomic E-state index is 0. The molecule has 1 fully saturated rings. The van der Waals surface area contributed by atoms with Crippen molar-refractivity contribution in [3.63, 3.8) is 0 Å². The highest BCUT2D eigenvalue weighted by molar-refractivity contribution is 14.0. The second-order valence-corrected chi connectivity index (χ2v) is 7.19. The predicted octanol–water partition coefficient (Wildman–Crippen LogP) is 3.90. The Morgan fingerprint density at radius 3 is 2.57 bits per heavy atom. The Morgan fingerprint density at radius 2 is 1.93 bits per heavy atom. The van der Waals surface area contributed by atoms with E-state index in [2.05, 4.69) is 20.4 Å². The van der Waals surface area contributed by atoms with Crippen LogP contribution in [0, 0.1) is 5.41 Å². The number of benzene rings is 1. The van der Waals surface area contributed by atoms with E-state index in [1.54, 1.807) is 6.07 Å². The number of nitrogens with one attached hydrogen (secondary N) is 2. The van der Waals surface area contributed by atoms with Crippen molar-refractivity contribution in [2.45, 2.75) is 46.3 Å². The Hall–Kier alpha value is -1.56. The highest BCUT2D eigenvalue weighted by atomic mass is 127. The first-order valence-electron chi connectivity index (χ1n) is 10.0. The van der Waals surface area contributed by atoms with Gasteiger partial charge >= 0.3 is 6.61 Å². The molecule has 170 valence electrons. The molecule has 2 aliphatic rings. The molecular weight excluding hydrogens is 511 g/mol. The van der Waals surface area contributed by atoms with Crippen molar-refractivity contribution >= 4 is 29.9 Å². The highest BCUT2D eigenvalue weighted by Crippen LogP contribution is 2.48. The minimum atomic E-state index is -2.93. The Bertz CT molecular complexity index is 718. The van der Waals surface area contributed by atoms with Crippen LogP contribution in [0.15, 0.2) is 17.1 Å². The molecule has 0 radical (unpaired) electrons. The zero-order valence-electron chi connectivity index (χ0n) is 17.3. The lowest BCUT2D eigenvalue weighted by atomic mass is 10.0. The SMILES string of the molecule is CCNC(=NCc1cc2c(cc1OC(F)F)OCO2)NCC1(CCOCC)CC1.I. The lowest BCUT2D eigenvalue weighted by Crippen LogP contribution is -2.40.